The molecular weight excluding hydrogens is 229 g/mol. The normalized spacial score (nSPS) is 16.2. The predicted molar refractivity (Wildman–Crippen MR) is 73.2 cm³/mol. The summed E-state index contributed by atoms with van der Waals surface area (Å²) in [5.41, 5.74) is 7.59. The maximum atomic E-state index is 13.1. The second kappa shape index (κ2) is 6.16. The lowest BCUT2D eigenvalue weighted by Crippen LogP contribution is -2.32. The van der Waals surface area contributed by atoms with E-state index >= 15 is 0 Å². The van der Waals surface area contributed by atoms with E-state index in [0.29, 0.717) is 6.54 Å². The number of nitrogens with two attached hydrogens (primary N) is 1. The fourth-order valence-corrected chi connectivity index (χ4v) is 2.51. The summed E-state index contributed by atoms with van der Waals surface area (Å²) in [6.07, 6.45) is 2.63. The van der Waals surface area contributed by atoms with Crippen molar-refractivity contribution in [2.45, 2.75) is 19.4 Å². The molecule has 3 nitrogen and oxygen atoms in total. The largest absolute Gasteiger partial charge is 0.373 e. The van der Waals surface area contributed by atoms with Crippen molar-refractivity contribution in [3.8, 4) is 0 Å². The van der Waals surface area contributed by atoms with Crippen LogP contribution in [0.5, 0.6) is 0 Å². The Morgan fingerprint density at radius 2 is 2.06 bits per heavy atom. The van der Waals surface area contributed by atoms with E-state index in [1.807, 2.05) is 13.1 Å². The molecule has 1 heterocycles. The zero-order valence-corrected chi connectivity index (χ0v) is 11.0. The van der Waals surface area contributed by atoms with Gasteiger partial charge in [0.25, 0.3) is 0 Å². The van der Waals surface area contributed by atoms with Crippen molar-refractivity contribution in [2.75, 3.05) is 38.1 Å². The standard InChI is InChI=1S/C14H22FN3/c1-17(8-9-18-6-2-3-7-18)14-5-4-13(15)10-12(14)11-16/h4-5,10H,2-3,6-9,11,16H2,1H3. The molecule has 4 heteroatoms. The number of nitrogens with zero attached hydrogens (tertiary/aromatic N) is 2. The Morgan fingerprint density at radius 1 is 1.33 bits per heavy atom. The Morgan fingerprint density at radius 3 is 2.72 bits per heavy atom. The highest BCUT2D eigenvalue weighted by Crippen LogP contribution is 2.20. The van der Waals surface area contributed by atoms with Gasteiger partial charge in [-0.15, -0.1) is 0 Å². The lowest BCUT2D eigenvalue weighted by atomic mass is 10.1. The first-order valence-electron chi connectivity index (χ1n) is 6.62. The van der Waals surface area contributed by atoms with Gasteiger partial charge < -0.3 is 15.5 Å². The topological polar surface area (TPSA) is 32.5 Å². The maximum absolute atomic E-state index is 13.1. The molecule has 1 aliphatic heterocycles. The zero-order chi connectivity index (χ0) is 13.0. The third-order valence-corrected chi connectivity index (χ3v) is 3.62. The summed E-state index contributed by atoms with van der Waals surface area (Å²) in [6, 6.07) is 4.85. The minimum Gasteiger partial charge on any atom is -0.373 e. The number of hydrogen-bond acceptors (Lipinski definition) is 3. The summed E-state index contributed by atoms with van der Waals surface area (Å²) in [4.78, 5) is 4.64. The molecule has 0 radical (unpaired) electrons. The molecule has 1 fully saturated rings. The van der Waals surface area contributed by atoms with E-state index in [2.05, 4.69) is 9.80 Å². The van der Waals surface area contributed by atoms with Crippen LogP contribution in [0.25, 0.3) is 0 Å². The van der Waals surface area contributed by atoms with Crippen molar-refractivity contribution in [1.29, 1.82) is 0 Å². The van der Waals surface area contributed by atoms with Gasteiger partial charge in [0.05, 0.1) is 0 Å². The van der Waals surface area contributed by atoms with E-state index in [-0.39, 0.29) is 5.82 Å². The average molecular weight is 251 g/mol. The zero-order valence-electron chi connectivity index (χ0n) is 11.0. The van der Waals surface area contributed by atoms with Crippen LogP contribution in [0, 0.1) is 5.82 Å². The number of hydrogen-bond donors (Lipinski definition) is 1. The lowest BCUT2D eigenvalue weighted by Gasteiger charge is -2.25. The van der Waals surface area contributed by atoms with Crippen LogP contribution in [0.2, 0.25) is 0 Å². The van der Waals surface area contributed by atoms with Gasteiger partial charge in [-0.2, -0.15) is 0 Å². The maximum Gasteiger partial charge on any atom is 0.123 e. The number of benzene rings is 1. The van der Waals surface area contributed by atoms with Gasteiger partial charge in [0.2, 0.25) is 0 Å². The predicted octanol–water partition coefficient (Wildman–Crippen LogP) is 1.82. The summed E-state index contributed by atoms with van der Waals surface area (Å²) in [6.45, 7) is 4.82. The van der Waals surface area contributed by atoms with Crippen LogP contribution in [0.4, 0.5) is 10.1 Å². The number of likely N-dealkylation sites (N-methyl/N-ethyl adjacent to an activating group) is 1. The van der Waals surface area contributed by atoms with Crippen LogP contribution < -0.4 is 10.6 Å². The molecule has 1 aliphatic rings. The molecular formula is C14H22FN3. The molecule has 100 valence electrons. The van der Waals surface area contributed by atoms with Crippen LogP contribution in [-0.4, -0.2) is 38.1 Å². The molecule has 2 N–H and O–H groups in total. The van der Waals surface area contributed by atoms with Gasteiger partial charge in [0.15, 0.2) is 0 Å². The van der Waals surface area contributed by atoms with Crippen LogP contribution >= 0.6 is 0 Å². The van der Waals surface area contributed by atoms with Gasteiger partial charge in [-0.25, -0.2) is 4.39 Å². The van der Waals surface area contributed by atoms with Gasteiger partial charge >= 0.3 is 0 Å². The van der Waals surface area contributed by atoms with Gasteiger partial charge in [0, 0.05) is 32.4 Å². The van der Waals surface area contributed by atoms with Crippen molar-refractivity contribution < 1.29 is 4.39 Å². The molecule has 0 unspecified atom stereocenters. The molecule has 0 bridgehead atoms. The number of rotatable bonds is 5. The first-order valence-corrected chi connectivity index (χ1v) is 6.62. The first kappa shape index (κ1) is 13.3. The molecule has 0 aromatic heterocycles. The van der Waals surface area contributed by atoms with Crippen LogP contribution in [0.15, 0.2) is 18.2 Å². The van der Waals surface area contributed by atoms with Crippen LogP contribution in [0.1, 0.15) is 18.4 Å². The molecule has 1 saturated heterocycles. The summed E-state index contributed by atoms with van der Waals surface area (Å²) < 4.78 is 13.1. The van der Waals surface area contributed by atoms with E-state index in [1.54, 1.807) is 0 Å². The van der Waals surface area contributed by atoms with Crippen molar-refractivity contribution in [3.63, 3.8) is 0 Å². The Hall–Kier alpha value is -1.13. The van der Waals surface area contributed by atoms with Crippen molar-refractivity contribution >= 4 is 5.69 Å². The fraction of sp³-hybridized carbons (Fsp3) is 0.571. The highest BCUT2D eigenvalue weighted by Gasteiger charge is 2.13. The minimum atomic E-state index is -0.216. The van der Waals surface area contributed by atoms with Crippen molar-refractivity contribution in [3.05, 3.63) is 29.6 Å². The summed E-state index contributed by atoms with van der Waals surface area (Å²) in [5, 5.41) is 0. The Labute approximate surface area is 108 Å². The molecule has 0 amide bonds. The van der Waals surface area contributed by atoms with E-state index in [4.69, 9.17) is 5.73 Å². The molecule has 0 aliphatic carbocycles. The Balaban J connectivity index is 1.96. The monoisotopic (exact) mass is 251 g/mol. The molecule has 1 aromatic rings. The van der Waals surface area contributed by atoms with E-state index in [1.165, 1.54) is 38.1 Å². The second-order valence-corrected chi connectivity index (χ2v) is 4.95. The third-order valence-electron chi connectivity index (χ3n) is 3.62. The van der Waals surface area contributed by atoms with E-state index in [9.17, 15) is 4.39 Å². The van der Waals surface area contributed by atoms with Crippen LogP contribution in [0.3, 0.4) is 0 Å². The second-order valence-electron chi connectivity index (χ2n) is 4.95. The SMILES string of the molecule is CN(CCN1CCCC1)c1ccc(F)cc1CN. The number of likely N-dealkylation sites (tertiary alicyclic amines) is 1. The van der Waals surface area contributed by atoms with Gasteiger partial charge in [0.1, 0.15) is 5.82 Å². The highest BCUT2D eigenvalue weighted by atomic mass is 19.1. The minimum absolute atomic E-state index is 0.216. The van der Waals surface area contributed by atoms with Crippen LogP contribution in [-0.2, 0) is 6.54 Å². The highest BCUT2D eigenvalue weighted by molar-refractivity contribution is 5.53. The molecule has 0 saturated carbocycles. The summed E-state index contributed by atoms with van der Waals surface area (Å²) >= 11 is 0. The lowest BCUT2D eigenvalue weighted by molar-refractivity contribution is 0.346. The van der Waals surface area contributed by atoms with Crippen molar-refractivity contribution in [2.24, 2.45) is 5.73 Å². The number of halogens is 1. The molecule has 0 spiro atoms. The summed E-state index contributed by atoms with van der Waals surface area (Å²) in [5.74, 6) is -0.216. The smallest absolute Gasteiger partial charge is 0.123 e. The van der Waals surface area contributed by atoms with E-state index in [0.717, 1.165) is 24.3 Å². The van der Waals surface area contributed by atoms with Gasteiger partial charge in [-0.3, -0.25) is 0 Å². The van der Waals surface area contributed by atoms with Gasteiger partial charge in [-0.05, 0) is 49.7 Å². The Kier molecular flexibility index (Phi) is 4.55. The quantitative estimate of drug-likeness (QED) is 0.866. The summed E-state index contributed by atoms with van der Waals surface area (Å²) in [7, 11) is 2.04. The van der Waals surface area contributed by atoms with E-state index < -0.39 is 0 Å². The molecule has 2 rings (SSSR count). The Bertz CT molecular complexity index is 389. The number of anilines is 1. The third kappa shape index (κ3) is 3.21. The first-order chi connectivity index (χ1) is 8.70. The average Bonchev–Trinajstić information content (AvgIpc) is 2.88. The van der Waals surface area contributed by atoms with Crippen molar-refractivity contribution in [1.82, 2.24) is 4.90 Å². The molecule has 18 heavy (non-hydrogen) atoms. The molecule has 1 aromatic carbocycles. The molecule has 0 atom stereocenters. The van der Waals surface area contributed by atoms with Gasteiger partial charge in [-0.1, -0.05) is 0 Å². The fourth-order valence-electron chi connectivity index (χ4n) is 2.51.